The molecule has 0 radical (unpaired) electrons. The zero-order valence-corrected chi connectivity index (χ0v) is 11.8. The summed E-state index contributed by atoms with van der Waals surface area (Å²) in [6, 6.07) is 5.25. The van der Waals surface area contributed by atoms with Crippen molar-refractivity contribution in [1.29, 1.82) is 0 Å². The van der Waals surface area contributed by atoms with Crippen molar-refractivity contribution in [3.05, 3.63) is 28.5 Å². The van der Waals surface area contributed by atoms with Crippen LogP contribution in [-0.2, 0) is 0 Å². The second kappa shape index (κ2) is 7.19. The van der Waals surface area contributed by atoms with Gasteiger partial charge in [0, 0.05) is 12.1 Å². The van der Waals surface area contributed by atoms with Gasteiger partial charge in [-0.3, -0.25) is 0 Å². The average Bonchev–Trinajstić information content (AvgIpc) is 2.32. The molecular weight excluding hydrogens is 308 g/mol. The summed E-state index contributed by atoms with van der Waals surface area (Å²) in [6.07, 6.45) is 3.62. The molecule has 2 nitrogen and oxygen atoms in total. The number of rotatable bonds is 3. The molecule has 1 N–H and O–H groups in total. The third-order valence-corrected chi connectivity index (χ3v) is 3.40. The highest BCUT2D eigenvalue weighted by Crippen LogP contribution is 2.21. The van der Waals surface area contributed by atoms with Crippen LogP contribution in [0, 0.1) is 5.82 Å². The standard InChI is InChI=1S/C12H15BrFNO.ClH/c13-11-5-4-10(7-12(11)14)16-8-9-3-1-2-6-15-9;/h4-5,7,9,15H,1-3,6,8H2;1H. The first-order valence-corrected chi connectivity index (χ1v) is 6.36. The lowest BCUT2D eigenvalue weighted by molar-refractivity contribution is 0.238. The van der Waals surface area contributed by atoms with Crippen molar-refractivity contribution >= 4 is 28.3 Å². The molecule has 1 heterocycles. The van der Waals surface area contributed by atoms with Gasteiger partial charge >= 0.3 is 0 Å². The lowest BCUT2D eigenvalue weighted by Gasteiger charge is -2.23. The number of piperidine rings is 1. The first kappa shape index (κ1) is 14.7. The fraction of sp³-hybridized carbons (Fsp3) is 0.500. The zero-order valence-electron chi connectivity index (χ0n) is 9.42. The van der Waals surface area contributed by atoms with Crippen LogP contribution in [0.2, 0.25) is 0 Å². The molecule has 0 aromatic heterocycles. The van der Waals surface area contributed by atoms with E-state index in [4.69, 9.17) is 4.74 Å². The Balaban J connectivity index is 0.00000144. The monoisotopic (exact) mass is 323 g/mol. The van der Waals surface area contributed by atoms with Gasteiger partial charge in [0.25, 0.3) is 0 Å². The molecule has 0 saturated carbocycles. The summed E-state index contributed by atoms with van der Waals surface area (Å²) in [7, 11) is 0. The predicted molar refractivity (Wildman–Crippen MR) is 72.5 cm³/mol. The van der Waals surface area contributed by atoms with E-state index in [1.54, 1.807) is 12.1 Å². The first-order chi connectivity index (χ1) is 7.75. The van der Waals surface area contributed by atoms with E-state index in [2.05, 4.69) is 21.2 Å². The third kappa shape index (κ3) is 4.45. The third-order valence-electron chi connectivity index (χ3n) is 2.75. The minimum absolute atomic E-state index is 0. The van der Waals surface area contributed by atoms with Crippen molar-refractivity contribution < 1.29 is 9.13 Å². The first-order valence-electron chi connectivity index (χ1n) is 5.57. The van der Waals surface area contributed by atoms with Crippen LogP contribution in [0.25, 0.3) is 0 Å². The Labute approximate surface area is 115 Å². The summed E-state index contributed by atoms with van der Waals surface area (Å²) in [5, 5.41) is 3.39. The molecule has 1 saturated heterocycles. The normalized spacial score (nSPS) is 19.5. The molecule has 0 spiro atoms. The highest BCUT2D eigenvalue weighted by atomic mass is 79.9. The highest BCUT2D eigenvalue weighted by molar-refractivity contribution is 9.10. The maximum atomic E-state index is 13.2. The van der Waals surface area contributed by atoms with Gasteiger partial charge in [-0.05, 0) is 47.4 Å². The summed E-state index contributed by atoms with van der Waals surface area (Å²) in [4.78, 5) is 0. The number of hydrogen-bond donors (Lipinski definition) is 1. The van der Waals surface area contributed by atoms with Crippen LogP contribution in [0.3, 0.4) is 0 Å². The van der Waals surface area contributed by atoms with Gasteiger partial charge < -0.3 is 10.1 Å². The smallest absolute Gasteiger partial charge is 0.141 e. The van der Waals surface area contributed by atoms with Gasteiger partial charge in [-0.25, -0.2) is 4.39 Å². The number of hydrogen-bond acceptors (Lipinski definition) is 2. The molecule has 1 atom stereocenters. The van der Waals surface area contributed by atoms with Gasteiger partial charge in [-0.15, -0.1) is 12.4 Å². The molecule has 1 fully saturated rings. The number of benzene rings is 1. The number of ether oxygens (including phenoxy) is 1. The minimum atomic E-state index is -0.283. The molecule has 96 valence electrons. The summed E-state index contributed by atoms with van der Waals surface area (Å²) >= 11 is 3.11. The van der Waals surface area contributed by atoms with Crippen molar-refractivity contribution in [2.45, 2.75) is 25.3 Å². The van der Waals surface area contributed by atoms with Crippen LogP contribution in [0.5, 0.6) is 5.75 Å². The van der Waals surface area contributed by atoms with Gasteiger partial charge in [0.15, 0.2) is 0 Å². The molecule has 1 aromatic rings. The van der Waals surface area contributed by atoms with Gasteiger partial charge in [0.1, 0.15) is 18.2 Å². The highest BCUT2D eigenvalue weighted by Gasteiger charge is 2.13. The topological polar surface area (TPSA) is 21.3 Å². The molecule has 2 rings (SSSR count). The Hall–Kier alpha value is -0.320. The molecule has 1 aliphatic heterocycles. The Morgan fingerprint density at radius 3 is 2.88 bits per heavy atom. The Morgan fingerprint density at radius 1 is 1.41 bits per heavy atom. The van der Waals surface area contributed by atoms with E-state index >= 15 is 0 Å². The lowest BCUT2D eigenvalue weighted by atomic mass is 10.1. The Kier molecular flexibility index (Phi) is 6.23. The van der Waals surface area contributed by atoms with Crippen LogP contribution in [-0.4, -0.2) is 19.2 Å². The van der Waals surface area contributed by atoms with E-state index in [1.807, 2.05) is 0 Å². The average molecular weight is 325 g/mol. The summed E-state index contributed by atoms with van der Waals surface area (Å²) in [6.45, 7) is 1.67. The van der Waals surface area contributed by atoms with Crippen molar-refractivity contribution in [2.24, 2.45) is 0 Å². The van der Waals surface area contributed by atoms with Crippen LogP contribution >= 0.6 is 28.3 Å². The van der Waals surface area contributed by atoms with E-state index in [1.165, 1.54) is 18.9 Å². The van der Waals surface area contributed by atoms with Crippen LogP contribution in [0.1, 0.15) is 19.3 Å². The minimum Gasteiger partial charge on any atom is -0.492 e. The van der Waals surface area contributed by atoms with Crippen LogP contribution in [0.15, 0.2) is 22.7 Å². The van der Waals surface area contributed by atoms with E-state index in [0.29, 0.717) is 22.9 Å². The summed E-state index contributed by atoms with van der Waals surface area (Å²) in [5.74, 6) is 0.308. The lowest BCUT2D eigenvalue weighted by Crippen LogP contribution is -2.38. The molecule has 0 amide bonds. The largest absolute Gasteiger partial charge is 0.492 e. The molecule has 1 unspecified atom stereocenters. The molecule has 1 aromatic carbocycles. The molecule has 5 heteroatoms. The van der Waals surface area contributed by atoms with E-state index in [0.717, 1.165) is 13.0 Å². The number of nitrogens with one attached hydrogen (secondary N) is 1. The fourth-order valence-corrected chi connectivity index (χ4v) is 2.08. The van der Waals surface area contributed by atoms with E-state index < -0.39 is 0 Å². The van der Waals surface area contributed by atoms with Gasteiger partial charge in [0.05, 0.1) is 4.47 Å². The molecule has 17 heavy (non-hydrogen) atoms. The second-order valence-electron chi connectivity index (χ2n) is 4.03. The molecule has 0 aliphatic carbocycles. The predicted octanol–water partition coefficient (Wildman–Crippen LogP) is 3.53. The second-order valence-corrected chi connectivity index (χ2v) is 4.89. The molecular formula is C12H16BrClFNO. The summed E-state index contributed by atoms with van der Waals surface area (Å²) in [5.41, 5.74) is 0. The van der Waals surface area contributed by atoms with Gasteiger partial charge in [0.2, 0.25) is 0 Å². The maximum Gasteiger partial charge on any atom is 0.141 e. The van der Waals surface area contributed by atoms with E-state index in [-0.39, 0.29) is 18.2 Å². The van der Waals surface area contributed by atoms with Crippen molar-refractivity contribution in [3.8, 4) is 5.75 Å². The molecule has 1 aliphatic rings. The quantitative estimate of drug-likeness (QED) is 0.918. The SMILES string of the molecule is Cl.Fc1cc(OCC2CCCCN2)ccc1Br. The fourth-order valence-electron chi connectivity index (χ4n) is 1.83. The van der Waals surface area contributed by atoms with E-state index in [9.17, 15) is 4.39 Å². The van der Waals surface area contributed by atoms with Gasteiger partial charge in [-0.1, -0.05) is 6.42 Å². The van der Waals surface area contributed by atoms with Crippen LogP contribution in [0.4, 0.5) is 4.39 Å². The summed E-state index contributed by atoms with van der Waals surface area (Å²) < 4.78 is 19.2. The Bertz CT molecular complexity index is 358. The number of halogens is 3. The van der Waals surface area contributed by atoms with Gasteiger partial charge in [-0.2, -0.15) is 0 Å². The zero-order chi connectivity index (χ0) is 11.4. The maximum absolute atomic E-state index is 13.2. The van der Waals surface area contributed by atoms with Crippen molar-refractivity contribution in [3.63, 3.8) is 0 Å². The van der Waals surface area contributed by atoms with Crippen molar-refractivity contribution in [2.75, 3.05) is 13.2 Å². The Morgan fingerprint density at radius 2 is 2.24 bits per heavy atom. The molecule has 0 bridgehead atoms. The van der Waals surface area contributed by atoms with Crippen molar-refractivity contribution in [1.82, 2.24) is 5.32 Å². The van der Waals surface area contributed by atoms with Crippen LogP contribution < -0.4 is 10.1 Å².